The molecule has 0 bridgehead atoms. The van der Waals surface area contributed by atoms with E-state index in [2.05, 4.69) is 31.6 Å². The van der Waals surface area contributed by atoms with Crippen molar-refractivity contribution >= 4 is 63.1 Å². The number of hydrogen-bond acceptors (Lipinski definition) is 2. The quantitative estimate of drug-likeness (QED) is 0.326. The molecule has 2 aromatic rings. The molecular weight excluding hydrogens is 483 g/mol. The van der Waals surface area contributed by atoms with Gasteiger partial charge in [0, 0.05) is 22.3 Å². The third-order valence-electron chi connectivity index (χ3n) is 3.14. The number of benzene rings is 2. The predicted molar refractivity (Wildman–Crippen MR) is 114 cm³/mol. The number of anilines is 2. The number of amides is 1. The molecule has 0 fully saturated rings. The van der Waals surface area contributed by atoms with Gasteiger partial charge in [0.05, 0.1) is 6.54 Å². The smallest absolute Gasteiger partial charge is 0.226 e. The lowest BCUT2D eigenvalue weighted by molar-refractivity contribution is -0.116. The number of halogens is 2. The van der Waals surface area contributed by atoms with Gasteiger partial charge in [0.15, 0.2) is 5.96 Å². The molecule has 5 nitrogen and oxygen atoms in total. The summed E-state index contributed by atoms with van der Waals surface area (Å²) in [6.45, 7) is 2.27. The Bertz CT molecular complexity index is 707. The zero-order valence-corrected chi connectivity index (χ0v) is 17.2. The average molecular weight is 503 g/mol. The van der Waals surface area contributed by atoms with E-state index in [-0.39, 0.29) is 36.3 Å². The van der Waals surface area contributed by atoms with E-state index in [1.165, 1.54) is 0 Å². The molecular formula is C17H20BrIN4O. The second kappa shape index (κ2) is 10.3. The third-order valence-corrected chi connectivity index (χ3v) is 3.63. The minimum absolute atomic E-state index is 0. The van der Waals surface area contributed by atoms with Crippen molar-refractivity contribution in [3.05, 3.63) is 58.6 Å². The van der Waals surface area contributed by atoms with E-state index in [1.807, 2.05) is 55.5 Å². The second-order valence-electron chi connectivity index (χ2n) is 5.02. The number of aliphatic imine (C=N–C) groups is 1. The molecule has 24 heavy (non-hydrogen) atoms. The summed E-state index contributed by atoms with van der Waals surface area (Å²) in [7, 11) is 0. The van der Waals surface area contributed by atoms with Crippen LogP contribution < -0.4 is 16.4 Å². The zero-order valence-electron chi connectivity index (χ0n) is 13.3. The second-order valence-corrected chi connectivity index (χ2v) is 5.93. The molecule has 1 amide bonds. The minimum Gasteiger partial charge on any atom is -0.370 e. The number of aryl methyl sites for hydroxylation is 1. The summed E-state index contributed by atoms with van der Waals surface area (Å²) in [4.78, 5) is 16.1. The molecule has 0 aromatic heterocycles. The normalized spacial score (nSPS) is 10.7. The molecule has 0 aliphatic rings. The Hall–Kier alpha value is -1.61. The molecule has 0 heterocycles. The van der Waals surface area contributed by atoms with Crippen LogP contribution in [0.4, 0.5) is 11.4 Å². The van der Waals surface area contributed by atoms with Crippen molar-refractivity contribution in [3.63, 3.8) is 0 Å². The molecule has 0 aliphatic heterocycles. The number of nitrogens with two attached hydrogens (primary N) is 1. The fourth-order valence-corrected chi connectivity index (χ4v) is 2.29. The molecule has 4 N–H and O–H groups in total. The van der Waals surface area contributed by atoms with Crippen LogP contribution in [-0.2, 0) is 4.79 Å². The van der Waals surface area contributed by atoms with Crippen LogP contribution in [0.3, 0.4) is 0 Å². The first-order valence-corrected chi connectivity index (χ1v) is 8.02. The zero-order chi connectivity index (χ0) is 16.7. The number of para-hydroxylation sites is 1. The number of guanidine groups is 1. The molecule has 0 unspecified atom stereocenters. The first-order valence-electron chi connectivity index (χ1n) is 7.22. The molecule has 0 aliphatic carbocycles. The van der Waals surface area contributed by atoms with Gasteiger partial charge in [-0.1, -0.05) is 40.2 Å². The van der Waals surface area contributed by atoms with Gasteiger partial charge in [-0.05, 0) is 36.8 Å². The van der Waals surface area contributed by atoms with Crippen LogP contribution in [0.5, 0.6) is 0 Å². The van der Waals surface area contributed by atoms with E-state index >= 15 is 0 Å². The molecule has 2 aromatic carbocycles. The topological polar surface area (TPSA) is 79.5 Å². The van der Waals surface area contributed by atoms with Crippen LogP contribution in [0.2, 0.25) is 0 Å². The van der Waals surface area contributed by atoms with Crippen LogP contribution in [0.15, 0.2) is 58.0 Å². The molecule has 128 valence electrons. The maximum atomic E-state index is 12.0. The van der Waals surface area contributed by atoms with Gasteiger partial charge in [0.2, 0.25) is 5.91 Å². The first-order chi connectivity index (χ1) is 11.0. The Morgan fingerprint density at radius 2 is 1.88 bits per heavy atom. The first kappa shape index (κ1) is 20.4. The van der Waals surface area contributed by atoms with Crippen molar-refractivity contribution in [1.82, 2.24) is 0 Å². The van der Waals surface area contributed by atoms with Crippen LogP contribution in [-0.4, -0.2) is 18.4 Å². The van der Waals surface area contributed by atoms with Crippen molar-refractivity contribution in [2.24, 2.45) is 10.7 Å². The van der Waals surface area contributed by atoms with E-state index in [0.717, 1.165) is 21.4 Å². The van der Waals surface area contributed by atoms with Gasteiger partial charge < -0.3 is 16.4 Å². The maximum absolute atomic E-state index is 12.0. The number of carbonyl (C=O) groups is 1. The molecule has 7 heteroatoms. The van der Waals surface area contributed by atoms with E-state index in [0.29, 0.717) is 12.5 Å². The molecule has 0 saturated heterocycles. The highest BCUT2D eigenvalue weighted by Gasteiger charge is 2.05. The Morgan fingerprint density at radius 3 is 2.58 bits per heavy atom. The maximum Gasteiger partial charge on any atom is 0.226 e. The highest BCUT2D eigenvalue weighted by Crippen LogP contribution is 2.20. The van der Waals surface area contributed by atoms with Crippen LogP contribution in [0.25, 0.3) is 0 Å². The largest absolute Gasteiger partial charge is 0.370 e. The Morgan fingerprint density at radius 1 is 1.17 bits per heavy atom. The van der Waals surface area contributed by atoms with Crippen molar-refractivity contribution in [2.75, 3.05) is 17.2 Å². The van der Waals surface area contributed by atoms with Crippen molar-refractivity contribution < 1.29 is 4.79 Å². The predicted octanol–water partition coefficient (Wildman–Crippen LogP) is 4.13. The van der Waals surface area contributed by atoms with E-state index < -0.39 is 0 Å². The van der Waals surface area contributed by atoms with Crippen LogP contribution >= 0.6 is 39.9 Å². The molecule has 0 atom stereocenters. The summed E-state index contributed by atoms with van der Waals surface area (Å²) in [5, 5.41) is 5.85. The third kappa shape index (κ3) is 6.88. The Kier molecular flexibility index (Phi) is 8.77. The highest BCUT2D eigenvalue weighted by molar-refractivity contribution is 14.0. The van der Waals surface area contributed by atoms with Gasteiger partial charge in [0.25, 0.3) is 0 Å². The number of nitrogens with zero attached hydrogens (tertiary/aromatic N) is 1. The van der Waals surface area contributed by atoms with Crippen LogP contribution in [0.1, 0.15) is 12.0 Å². The Balaban J connectivity index is 0.00000288. The fraction of sp³-hybridized carbons (Fsp3) is 0.176. The number of rotatable bonds is 5. The van der Waals surface area contributed by atoms with Gasteiger partial charge in [-0.2, -0.15) is 0 Å². The summed E-state index contributed by atoms with van der Waals surface area (Å²) in [5.41, 5.74) is 8.46. The number of hydrogen-bond donors (Lipinski definition) is 3. The summed E-state index contributed by atoms with van der Waals surface area (Å²) in [6, 6.07) is 15.3. The lowest BCUT2D eigenvalue weighted by Gasteiger charge is -2.08. The SMILES string of the molecule is Cc1ccc(Br)cc1NC(=O)CCN=C(N)Nc1ccccc1.I. The van der Waals surface area contributed by atoms with Gasteiger partial charge >= 0.3 is 0 Å². The van der Waals surface area contributed by atoms with Crippen molar-refractivity contribution in [2.45, 2.75) is 13.3 Å². The number of nitrogens with one attached hydrogen (secondary N) is 2. The standard InChI is InChI=1S/C17H19BrN4O.HI/c1-12-7-8-13(18)11-15(12)22-16(23)9-10-20-17(19)21-14-5-3-2-4-6-14;/h2-8,11H,9-10H2,1H3,(H,22,23)(H3,19,20,21);1H. The molecule has 2 rings (SSSR count). The van der Waals surface area contributed by atoms with Crippen molar-refractivity contribution in [1.29, 1.82) is 0 Å². The molecule has 0 radical (unpaired) electrons. The summed E-state index contributed by atoms with van der Waals surface area (Å²) in [5.74, 6) is 0.199. The van der Waals surface area contributed by atoms with Gasteiger partial charge in [-0.3, -0.25) is 9.79 Å². The van der Waals surface area contributed by atoms with Gasteiger partial charge in [-0.15, -0.1) is 24.0 Å². The van der Waals surface area contributed by atoms with Gasteiger partial charge in [-0.25, -0.2) is 0 Å². The molecule has 0 spiro atoms. The highest BCUT2D eigenvalue weighted by atomic mass is 127. The minimum atomic E-state index is -0.0949. The molecule has 0 saturated carbocycles. The van der Waals surface area contributed by atoms with Crippen molar-refractivity contribution in [3.8, 4) is 0 Å². The lowest BCUT2D eigenvalue weighted by Crippen LogP contribution is -2.23. The summed E-state index contributed by atoms with van der Waals surface area (Å²) < 4.78 is 0.924. The summed E-state index contributed by atoms with van der Waals surface area (Å²) in [6.07, 6.45) is 0.267. The van der Waals surface area contributed by atoms with E-state index in [4.69, 9.17) is 5.73 Å². The van der Waals surface area contributed by atoms with Gasteiger partial charge in [0.1, 0.15) is 0 Å². The van der Waals surface area contributed by atoms with E-state index in [1.54, 1.807) is 0 Å². The number of carbonyl (C=O) groups excluding carboxylic acids is 1. The summed E-state index contributed by atoms with van der Waals surface area (Å²) >= 11 is 3.39. The monoisotopic (exact) mass is 502 g/mol. The fourth-order valence-electron chi connectivity index (χ4n) is 1.93. The van der Waals surface area contributed by atoms with E-state index in [9.17, 15) is 4.79 Å². The average Bonchev–Trinajstić information content (AvgIpc) is 2.52. The van der Waals surface area contributed by atoms with Crippen LogP contribution in [0, 0.1) is 6.92 Å². The lowest BCUT2D eigenvalue weighted by atomic mass is 10.2. The Labute approximate surface area is 167 Å².